The van der Waals surface area contributed by atoms with Gasteiger partial charge in [0.25, 0.3) is 0 Å². The molecule has 1 unspecified atom stereocenters. The molecule has 1 aromatic carbocycles. The maximum Gasteiger partial charge on any atom is 0.334 e. The Hall–Kier alpha value is -2.14. The average molecular weight is 298 g/mol. The Bertz CT molecular complexity index is 680. The molecule has 1 atom stereocenters. The molecule has 0 fully saturated rings. The molecule has 4 rings (SSSR count). The predicted molar refractivity (Wildman–Crippen MR) is 80.0 cm³/mol. The number of carbonyl (C=O) groups is 2. The third kappa shape index (κ3) is 2.22. The van der Waals surface area contributed by atoms with Crippen molar-refractivity contribution in [2.24, 2.45) is 0 Å². The fourth-order valence-corrected chi connectivity index (χ4v) is 3.48. The van der Waals surface area contributed by atoms with Crippen LogP contribution in [0.15, 0.2) is 35.4 Å². The number of ether oxygens (including phenoxy) is 1. The first-order valence-corrected chi connectivity index (χ1v) is 7.69. The highest BCUT2D eigenvalue weighted by Crippen LogP contribution is 2.26. The molecule has 5 nitrogen and oxygen atoms in total. The van der Waals surface area contributed by atoms with Gasteiger partial charge in [0, 0.05) is 25.2 Å². The van der Waals surface area contributed by atoms with E-state index >= 15 is 0 Å². The minimum atomic E-state index is -0.202. The van der Waals surface area contributed by atoms with Crippen LogP contribution in [0.1, 0.15) is 17.5 Å². The molecule has 1 amide bonds. The van der Waals surface area contributed by atoms with Gasteiger partial charge in [-0.3, -0.25) is 4.79 Å². The van der Waals surface area contributed by atoms with Crippen molar-refractivity contribution in [3.05, 3.63) is 46.5 Å². The van der Waals surface area contributed by atoms with E-state index in [2.05, 4.69) is 17.4 Å². The Morgan fingerprint density at radius 2 is 2.09 bits per heavy atom. The molecule has 0 aliphatic carbocycles. The van der Waals surface area contributed by atoms with E-state index in [4.69, 9.17) is 4.74 Å². The van der Waals surface area contributed by atoms with Gasteiger partial charge in [-0.1, -0.05) is 24.3 Å². The molecule has 0 bridgehead atoms. The van der Waals surface area contributed by atoms with Crippen molar-refractivity contribution in [2.45, 2.75) is 25.4 Å². The van der Waals surface area contributed by atoms with Crippen LogP contribution in [0, 0.1) is 0 Å². The first-order chi connectivity index (χ1) is 10.7. The van der Waals surface area contributed by atoms with Crippen LogP contribution in [-0.4, -0.2) is 42.5 Å². The molecular weight excluding hydrogens is 280 g/mol. The lowest BCUT2D eigenvalue weighted by atomic mass is 9.94. The first-order valence-electron chi connectivity index (χ1n) is 7.69. The lowest BCUT2D eigenvalue weighted by Gasteiger charge is -2.33. The number of fused-ring (bicyclic) bond motifs is 1. The zero-order valence-electron chi connectivity index (χ0n) is 12.3. The van der Waals surface area contributed by atoms with E-state index in [-0.39, 0.29) is 17.9 Å². The molecule has 0 radical (unpaired) electrons. The van der Waals surface area contributed by atoms with Crippen LogP contribution in [0.25, 0.3) is 0 Å². The van der Waals surface area contributed by atoms with Crippen molar-refractivity contribution in [1.82, 2.24) is 10.2 Å². The van der Waals surface area contributed by atoms with Crippen LogP contribution in [0.3, 0.4) is 0 Å². The van der Waals surface area contributed by atoms with Gasteiger partial charge >= 0.3 is 5.97 Å². The van der Waals surface area contributed by atoms with Gasteiger partial charge in [-0.15, -0.1) is 0 Å². The first kappa shape index (κ1) is 13.5. The quantitative estimate of drug-likeness (QED) is 0.779. The monoisotopic (exact) mass is 298 g/mol. The maximum absolute atomic E-state index is 12.7. The van der Waals surface area contributed by atoms with E-state index in [1.165, 1.54) is 11.1 Å². The van der Waals surface area contributed by atoms with Crippen LogP contribution in [0.5, 0.6) is 0 Å². The van der Waals surface area contributed by atoms with E-state index < -0.39 is 0 Å². The normalized spacial score (nSPS) is 23.9. The van der Waals surface area contributed by atoms with Gasteiger partial charge in [-0.05, 0) is 29.5 Å². The number of nitrogens with zero attached hydrogens (tertiary/aromatic N) is 1. The van der Waals surface area contributed by atoms with E-state index in [1.54, 1.807) is 0 Å². The number of benzene rings is 1. The lowest BCUT2D eigenvalue weighted by molar-refractivity contribution is -0.136. The molecule has 0 aromatic heterocycles. The third-order valence-electron chi connectivity index (χ3n) is 4.76. The van der Waals surface area contributed by atoms with Crippen molar-refractivity contribution in [3.63, 3.8) is 0 Å². The minimum absolute atomic E-state index is 0.125. The second-order valence-electron chi connectivity index (χ2n) is 6.07. The van der Waals surface area contributed by atoms with Crippen LogP contribution in [-0.2, 0) is 27.3 Å². The molecule has 3 aliphatic heterocycles. The summed E-state index contributed by atoms with van der Waals surface area (Å²) in [7, 11) is 0. The van der Waals surface area contributed by atoms with Crippen molar-refractivity contribution < 1.29 is 14.3 Å². The summed E-state index contributed by atoms with van der Waals surface area (Å²) in [5.74, 6) is -0.0766. The van der Waals surface area contributed by atoms with E-state index in [0.717, 1.165) is 24.1 Å². The number of cyclic esters (lactones) is 1. The van der Waals surface area contributed by atoms with Crippen molar-refractivity contribution in [3.8, 4) is 0 Å². The van der Waals surface area contributed by atoms with Gasteiger partial charge in [-0.25, -0.2) is 4.79 Å². The number of hydrogen-bond donors (Lipinski definition) is 1. The molecule has 22 heavy (non-hydrogen) atoms. The van der Waals surface area contributed by atoms with Gasteiger partial charge in [0.05, 0.1) is 6.04 Å². The van der Waals surface area contributed by atoms with Crippen LogP contribution in [0.2, 0.25) is 0 Å². The van der Waals surface area contributed by atoms with E-state index in [1.807, 2.05) is 17.0 Å². The molecule has 1 aromatic rings. The van der Waals surface area contributed by atoms with E-state index in [0.29, 0.717) is 26.1 Å². The summed E-state index contributed by atoms with van der Waals surface area (Å²) in [4.78, 5) is 26.1. The second kappa shape index (κ2) is 5.25. The number of esters is 1. The molecule has 0 saturated carbocycles. The molecular formula is C17H18N2O3. The Kier molecular flexibility index (Phi) is 3.22. The smallest absolute Gasteiger partial charge is 0.334 e. The average Bonchev–Trinajstić information content (AvgIpc) is 2.94. The van der Waals surface area contributed by atoms with Crippen LogP contribution >= 0.6 is 0 Å². The molecule has 0 spiro atoms. The van der Waals surface area contributed by atoms with Gasteiger partial charge in [0.1, 0.15) is 6.61 Å². The van der Waals surface area contributed by atoms with Gasteiger partial charge in [-0.2, -0.15) is 0 Å². The van der Waals surface area contributed by atoms with Gasteiger partial charge < -0.3 is 15.0 Å². The summed E-state index contributed by atoms with van der Waals surface area (Å²) >= 11 is 0. The number of rotatable bonds is 1. The van der Waals surface area contributed by atoms with Crippen LogP contribution < -0.4 is 5.32 Å². The minimum Gasteiger partial charge on any atom is -0.458 e. The highest BCUT2D eigenvalue weighted by atomic mass is 16.5. The van der Waals surface area contributed by atoms with Gasteiger partial charge in [0.15, 0.2) is 0 Å². The van der Waals surface area contributed by atoms with Gasteiger partial charge in [0.2, 0.25) is 5.91 Å². The summed E-state index contributed by atoms with van der Waals surface area (Å²) in [6.07, 6.45) is 1.34. The van der Waals surface area contributed by atoms with Crippen molar-refractivity contribution in [1.29, 1.82) is 0 Å². The second-order valence-corrected chi connectivity index (χ2v) is 6.07. The number of amides is 1. The zero-order valence-corrected chi connectivity index (χ0v) is 12.3. The topological polar surface area (TPSA) is 58.6 Å². The predicted octanol–water partition coefficient (Wildman–Crippen LogP) is 0.787. The standard InChI is InChI=1S/C17H18N2O3/c20-16(15-7-11-3-1-2-4-12(11)8-18-15)19-6-5-14-13(9-19)10-22-17(14)21/h1-4,15,18H,5-10H2. The summed E-state index contributed by atoms with van der Waals surface area (Å²) in [6.45, 7) is 2.21. The lowest BCUT2D eigenvalue weighted by Crippen LogP contribution is -2.51. The summed E-state index contributed by atoms with van der Waals surface area (Å²) in [6, 6.07) is 8.07. The molecule has 1 N–H and O–H groups in total. The molecule has 0 saturated heterocycles. The zero-order chi connectivity index (χ0) is 15.1. The molecule has 3 aliphatic rings. The maximum atomic E-state index is 12.7. The Labute approximate surface area is 128 Å². The fourth-order valence-electron chi connectivity index (χ4n) is 3.48. The number of hydrogen-bond acceptors (Lipinski definition) is 4. The third-order valence-corrected chi connectivity index (χ3v) is 4.76. The van der Waals surface area contributed by atoms with E-state index in [9.17, 15) is 9.59 Å². The number of carbonyl (C=O) groups excluding carboxylic acids is 2. The van der Waals surface area contributed by atoms with Crippen molar-refractivity contribution >= 4 is 11.9 Å². The van der Waals surface area contributed by atoms with Crippen molar-refractivity contribution in [2.75, 3.05) is 19.7 Å². The molecule has 114 valence electrons. The fraction of sp³-hybridized carbons (Fsp3) is 0.412. The Balaban J connectivity index is 1.48. The van der Waals surface area contributed by atoms with Crippen LogP contribution in [0.4, 0.5) is 0 Å². The summed E-state index contributed by atoms with van der Waals surface area (Å²) < 4.78 is 5.05. The molecule has 5 heteroatoms. The Morgan fingerprint density at radius 1 is 1.27 bits per heavy atom. The SMILES string of the molecule is O=C1OCC2=C1CCN(C(=O)C1Cc3ccccc3CN1)C2. The Morgan fingerprint density at radius 3 is 2.95 bits per heavy atom. The highest BCUT2D eigenvalue weighted by molar-refractivity contribution is 5.93. The number of nitrogens with one attached hydrogen (secondary N) is 1. The largest absolute Gasteiger partial charge is 0.458 e. The highest BCUT2D eigenvalue weighted by Gasteiger charge is 2.34. The molecule has 3 heterocycles. The summed E-state index contributed by atoms with van der Waals surface area (Å²) in [5.41, 5.74) is 4.27. The summed E-state index contributed by atoms with van der Waals surface area (Å²) in [5, 5.41) is 3.34.